The van der Waals surface area contributed by atoms with Crippen molar-refractivity contribution in [3.05, 3.63) is 53.9 Å². The van der Waals surface area contributed by atoms with E-state index in [0.29, 0.717) is 6.61 Å². The molecule has 0 bridgehead atoms. The Bertz CT molecular complexity index is 915. The van der Waals surface area contributed by atoms with Crippen molar-refractivity contribution in [3.8, 4) is 5.75 Å². The number of amides is 1. The highest BCUT2D eigenvalue weighted by molar-refractivity contribution is 5.94. The van der Waals surface area contributed by atoms with Crippen LogP contribution in [0, 0.1) is 11.6 Å². The van der Waals surface area contributed by atoms with Crippen molar-refractivity contribution in [3.63, 3.8) is 0 Å². The third-order valence-corrected chi connectivity index (χ3v) is 5.45. The number of nitrogens with one attached hydrogen (secondary N) is 1. The SMILES string of the molecule is CC1CCC(C(=O)Nc2ccnc(C3COCCN3C)c2)O1.COc1cccc(F)c1F. The first-order chi connectivity index (χ1) is 15.4. The molecule has 3 heterocycles. The second kappa shape index (κ2) is 11.3. The number of nitrogens with zero attached hydrogens (tertiary/aromatic N) is 2. The van der Waals surface area contributed by atoms with Crippen LogP contribution in [0.1, 0.15) is 31.5 Å². The quantitative estimate of drug-likeness (QED) is 0.770. The summed E-state index contributed by atoms with van der Waals surface area (Å²) in [6.45, 7) is 4.26. The molecule has 1 N–H and O–H groups in total. The lowest BCUT2D eigenvalue weighted by molar-refractivity contribution is -0.126. The van der Waals surface area contributed by atoms with Crippen molar-refractivity contribution in [2.24, 2.45) is 0 Å². The predicted octanol–water partition coefficient (Wildman–Crippen LogP) is 3.56. The lowest BCUT2D eigenvalue weighted by Crippen LogP contribution is -2.37. The zero-order valence-electron chi connectivity index (χ0n) is 18.5. The number of aromatic nitrogens is 1. The van der Waals surface area contributed by atoms with E-state index in [1.165, 1.54) is 19.2 Å². The lowest BCUT2D eigenvalue weighted by atomic mass is 10.1. The Labute approximate surface area is 186 Å². The Kier molecular flexibility index (Phi) is 8.49. The number of ether oxygens (including phenoxy) is 3. The fraction of sp³-hybridized carbons (Fsp3) is 0.478. The van der Waals surface area contributed by atoms with Gasteiger partial charge in [-0.25, -0.2) is 4.39 Å². The largest absolute Gasteiger partial charge is 0.494 e. The molecule has 2 saturated heterocycles. The van der Waals surface area contributed by atoms with E-state index >= 15 is 0 Å². The molecule has 0 radical (unpaired) electrons. The maximum Gasteiger partial charge on any atom is 0.253 e. The highest BCUT2D eigenvalue weighted by atomic mass is 19.2. The number of benzene rings is 1. The summed E-state index contributed by atoms with van der Waals surface area (Å²) in [6.07, 6.45) is 3.27. The van der Waals surface area contributed by atoms with Crippen LogP contribution >= 0.6 is 0 Å². The molecular weight excluding hydrogens is 420 g/mol. The van der Waals surface area contributed by atoms with Crippen LogP contribution in [-0.2, 0) is 14.3 Å². The van der Waals surface area contributed by atoms with E-state index in [-0.39, 0.29) is 29.9 Å². The van der Waals surface area contributed by atoms with E-state index in [1.54, 1.807) is 6.20 Å². The van der Waals surface area contributed by atoms with E-state index in [1.807, 2.05) is 19.1 Å². The van der Waals surface area contributed by atoms with Gasteiger partial charge in [-0.1, -0.05) is 6.07 Å². The van der Waals surface area contributed by atoms with Gasteiger partial charge < -0.3 is 19.5 Å². The van der Waals surface area contributed by atoms with Crippen LogP contribution < -0.4 is 10.1 Å². The number of carbonyl (C=O) groups excluding carboxylic acids is 1. The Morgan fingerprint density at radius 1 is 1.28 bits per heavy atom. The zero-order chi connectivity index (χ0) is 23.1. The van der Waals surface area contributed by atoms with Crippen molar-refractivity contribution in [1.29, 1.82) is 0 Å². The number of likely N-dealkylation sites (N-methyl/N-ethyl adjacent to an activating group) is 1. The highest BCUT2D eigenvalue weighted by Crippen LogP contribution is 2.24. The molecule has 3 unspecified atom stereocenters. The molecule has 1 aromatic heterocycles. The van der Waals surface area contributed by atoms with Crippen LogP contribution in [0.5, 0.6) is 5.75 Å². The fourth-order valence-corrected chi connectivity index (χ4v) is 3.57. The second-order valence-electron chi connectivity index (χ2n) is 7.80. The number of pyridine rings is 1. The molecule has 0 spiro atoms. The Hall–Kier alpha value is -2.62. The maximum absolute atomic E-state index is 12.5. The van der Waals surface area contributed by atoms with Gasteiger partial charge in [0.2, 0.25) is 5.82 Å². The number of hydrogen-bond acceptors (Lipinski definition) is 6. The van der Waals surface area contributed by atoms with E-state index in [4.69, 9.17) is 9.47 Å². The summed E-state index contributed by atoms with van der Waals surface area (Å²) in [5.41, 5.74) is 1.68. The van der Waals surface area contributed by atoms with E-state index < -0.39 is 11.6 Å². The number of anilines is 1. The molecule has 0 aliphatic carbocycles. The van der Waals surface area contributed by atoms with Gasteiger partial charge in [0.25, 0.3) is 5.91 Å². The molecule has 2 aromatic rings. The lowest BCUT2D eigenvalue weighted by Gasteiger charge is -2.32. The molecule has 0 saturated carbocycles. The molecule has 174 valence electrons. The molecule has 1 aromatic carbocycles. The van der Waals surface area contributed by atoms with Gasteiger partial charge in [-0.3, -0.25) is 14.7 Å². The standard InChI is InChI=1S/C16H23N3O3.C7H6F2O/c1-11-3-4-15(22-11)16(20)18-12-5-6-17-13(9-12)14-10-21-8-7-19(14)2;1-10-6-4-2-3-5(8)7(6)9/h5-6,9,11,14-15H,3-4,7-8,10H2,1-2H3,(H,17,18,20);2-4H,1H3. The van der Waals surface area contributed by atoms with E-state index in [0.717, 1.165) is 43.4 Å². The number of rotatable bonds is 4. The van der Waals surface area contributed by atoms with Gasteiger partial charge in [-0.05, 0) is 51.1 Å². The summed E-state index contributed by atoms with van der Waals surface area (Å²) in [4.78, 5) is 18.9. The van der Waals surface area contributed by atoms with Crippen molar-refractivity contribution >= 4 is 11.6 Å². The summed E-state index contributed by atoms with van der Waals surface area (Å²) in [5, 5.41) is 2.94. The third-order valence-electron chi connectivity index (χ3n) is 5.45. The topological polar surface area (TPSA) is 72.9 Å². The first-order valence-electron chi connectivity index (χ1n) is 10.6. The van der Waals surface area contributed by atoms with Gasteiger partial charge in [0.15, 0.2) is 11.6 Å². The minimum absolute atomic E-state index is 0.0694. The number of morpholine rings is 1. The summed E-state index contributed by atoms with van der Waals surface area (Å²) < 4.78 is 40.5. The van der Waals surface area contributed by atoms with Crippen molar-refractivity contribution < 1.29 is 27.8 Å². The highest BCUT2D eigenvalue weighted by Gasteiger charge is 2.28. The van der Waals surface area contributed by atoms with Crippen LogP contribution in [-0.4, -0.2) is 61.9 Å². The van der Waals surface area contributed by atoms with Gasteiger partial charge in [0.1, 0.15) is 6.10 Å². The average molecular weight is 449 g/mol. The first-order valence-corrected chi connectivity index (χ1v) is 10.6. The maximum atomic E-state index is 12.5. The van der Waals surface area contributed by atoms with Crippen molar-refractivity contribution in [2.75, 3.05) is 39.2 Å². The molecule has 2 fully saturated rings. The van der Waals surface area contributed by atoms with Crippen LogP contribution in [0.15, 0.2) is 36.5 Å². The average Bonchev–Trinajstić information content (AvgIpc) is 3.23. The van der Waals surface area contributed by atoms with E-state index in [9.17, 15) is 13.6 Å². The smallest absolute Gasteiger partial charge is 0.253 e. The van der Waals surface area contributed by atoms with Crippen molar-refractivity contribution in [1.82, 2.24) is 9.88 Å². The van der Waals surface area contributed by atoms with Gasteiger partial charge >= 0.3 is 0 Å². The summed E-state index contributed by atoms with van der Waals surface area (Å²) in [6, 6.07) is 7.65. The van der Waals surface area contributed by atoms with E-state index in [2.05, 4.69) is 27.0 Å². The fourth-order valence-electron chi connectivity index (χ4n) is 3.57. The molecule has 3 atom stereocenters. The normalized spacial score (nSPS) is 23.2. The molecular formula is C23H29F2N3O4. The molecule has 2 aliphatic heterocycles. The number of halogens is 2. The number of hydrogen-bond donors (Lipinski definition) is 1. The van der Waals surface area contributed by atoms with Crippen molar-refractivity contribution in [2.45, 2.75) is 38.0 Å². The van der Waals surface area contributed by atoms with Crippen LogP contribution in [0.2, 0.25) is 0 Å². The first kappa shape index (κ1) is 24.0. The second-order valence-corrected chi connectivity index (χ2v) is 7.80. The van der Waals surface area contributed by atoms with Gasteiger partial charge in [-0.2, -0.15) is 4.39 Å². The minimum Gasteiger partial charge on any atom is -0.494 e. The van der Waals surface area contributed by atoms with Gasteiger partial charge in [0.05, 0.1) is 38.2 Å². The molecule has 9 heteroatoms. The molecule has 7 nitrogen and oxygen atoms in total. The van der Waals surface area contributed by atoms with Crippen LogP contribution in [0.25, 0.3) is 0 Å². The van der Waals surface area contributed by atoms with Crippen LogP contribution in [0.4, 0.5) is 14.5 Å². The zero-order valence-corrected chi connectivity index (χ0v) is 18.5. The number of methoxy groups -OCH3 is 1. The van der Waals surface area contributed by atoms with Gasteiger partial charge in [-0.15, -0.1) is 0 Å². The summed E-state index contributed by atoms with van der Waals surface area (Å²) >= 11 is 0. The number of carbonyl (C=O) groups is 1. The van der Waals surface area contributed by atoms with Gasteiger partial charge in [0, 0.05) is 18.4 Å². The Balaban J connectivity index is 0.000000243. The Morgan fingerprint density at radius 2 is 2.09 bits per heavy atom. The summed E-state index contributed by atoms with van der Waals surface area (Å²) in [7, 11) is 3.35. The molecule has 4 rings (SSSR count). The third kappa shape index (κ3) is 6.21. The van der Waals surface area contributed by atoms with Crippen LogP contribution in [0.3, 0.4) is 0 Å². The molecule has 32 heavy (non-hydrogen) atoms. The predicted molar refractivity (Wildman–Crippen MR) is 116 cm³/mol. The minimum atomic E-state index is -0.940. The monoisotopic (exact) mass is 449 g/mol. The summed E-state index contributed by atoms with van der Waals surface area (Å²) in [5.74, 6) is -1.97. The molecule has 1 amide bonds. The molecule has 2 aliphatic rings. The Morgan fingerprint density at radius 3 is 2.75 bits per heavy atom.